The number of benzene rings is 2. The van der Waals surface area contributed by atoms with Crippen molar-refractivity contribution < 1.29 is 32.3 Å². The topological polar surface area (TPSA) is 90.0 Å². The number of carbonyl (C=O) groups excluding carboxylic acids is 4. The van der Waals surface area contributed by atoms with Crippen LogP contribution in [0, 0.1) is 0 Å². The summed E-state index contributed by atoms with van der Waals surface area (Å²) in [5.74, 6) is -1.63. The van der Waals surface area contributed by atoms with Gasteiger partial charge >= 0.3 is 6.18 Å². The van der Waals surface area contributed by atoms with Crippen LogP contribution in [0.25, 0.3) is 0 Å². The number of halogens is 3. The van der Waals surface area contributed by atoms with E-state index in [-0.39, 0.29) is 36.2 Å². The largest absolute Gasteiger partial charge is 0.403 e. The van der Waals surface area contributed by atoms with Crippen molar-refractivity contribution >= 4 is 29.1 Å². The second kappa shape index (κ2) is 11.1. The standard InChI is InChI=1S/C29H31F3N4O4/c1-18(29(30,31)32)35-13-11-34(12-14-35)17-20-7-5-19(6-8-20)16-33-23-4-2-3-22-26(23)28(40)36(27(22)39)24-10-9-21(37)15-25(24)38/h2-8,18,24,33H,9-17H2,1H3. The molecule has 1 saturated carbocycles. The number of nitrogens with zero attached hydrogens (tertiary/aromatic N) is 3. The molecule has 2 unspecified atom stereocenters. The number of anilines is 1. The van der Waals surface area contributed by atoms with Gasteiger partial charge in [0.25, 0.3) is 11.8 Å². The average Bonchev–Trinajstić information content (AvgIpc) is 3.18. The van der Waals surface area contributed by atoms with E-state index in [1.165, 1.54) is 11.8 Å². The molecule has 2 fully saturated rings. The fraction of sp³-hybridized carbons (Fsp3) is 0.448. The van der Waals surface area contributed by atoms with Crippen molar-refractivity contribution in [3.63, 3.8) is 0 Å². The third kappa shape index (κ3) is 5.66. The van der Waals surface area contributed by atoms with Crippen LogP contribution in [0.1, 0.15) is 58.0 Å². The molecule has 0 radical (unpaired) electrons. The van der Waals surface area contributed by atoms with Crippen LogP contribution in [0.5, 0.6) is 0 Å². The maximum Gasteiger partial charge on any atom is 0.403 e. The Labute approximate surface area is 230 Å². The number of carbonyl (C=O) groups is 4. The van der Waals surface area contributed by atoms with E-state index >= 15 is 0 Å². The zero-order chi connectivity index (χ0) is 28.6. The summed E-state index contributed by atoms with van der Waals surface area (Å²) < 4.78 is 39.0. The summed E-state index contributed by atoms with van der Waals surface area (Å²) in [4.78, 5) is 55.0. The van der Waals surface area contributed by atoms with Gasteiger partial charge in [-0.3, -0.25) is 33.9 Å². The van der Waals surface area contributed by atoms with Crippen molar-refractivity contribution in [2.75, 3.05) is 31.5 Å². The highest BCUT2D eigenvalue weighted by Gasteiger charge is 2.45. The van der Waals surface area contributed by atoms with Crippen molar-refractivity contribution in [3.05, 3.63) is 64.7 Å². The minimum absolute atomic E-state index is 0.153. The Hall–Kier alpha value is -3.57. The van der Waals surface area contributed by atoms with Crippen LogP contribution in [0.3, 0.4) is 0 Å². The van der Waals surface area contributed by atoms with Crippen molar-refractivity contribution in [2.24, 2.45) is 0 Å². The molecular formula is C29H31F3N4O4. The van der Waals surface area contributed by atoms with E-state index in [0.717, 1.165) is 16.0 Å². The summed E-state index contributed by atoms with van der Waals surface area (Å²) in [6.45, 7) is 4.11. The van der Waals surface area contributed by atoms with E-state index in [0.29, 0.717) is 45.0 Å². The molecule has 2 atom stereocenters. The number of hydrogen-bond donors (Lipinski definition) is 1. The highest BCUT2D eigenvalue weighted by molar-refractivity contribution is 6.25. The summed E-state index contributed by atoms with van der Waals surface area (Å²) in [6, 6.07) is 10.5. The SMILES string of the molecule is CC(N1CCN(Cc2ccc(CNc3cccc4c3C(=O)N(C3CCC(=O)CC3=O)C4=O)cc2)CC1)C(F)(F)F. The zero-order valence-corrected chi connectivity index (χ0v) is 22.2. The van der Waals surface area contributed by atoms with Crippen LogP contribution in [-0.4, -0.2) is 82.5 Å². The first-order valence-electron chi connectivity index (χ1n) is 13.4. The molecule has 40 heavy (non-hydrogen) atoms. The van der Waals surface area contributed by atoms with E-state index in [2.05, 4.69) is 10.2 Å². The highest BCUT2D eigenvalue weighted by atomic mass is 19.4. The predicted molar refractivity (Wildman–Crippen MR) is 141 cm³/mol. The van der Waals surface area contributed by atoms with Gasteiger partial charge in [-0.15, -0.1) is 0 Å². The summed E-state index contributed by atoms with van der Waals surface area (Å²) in [5, 5.41) is 3.24. The molecule has 5 rings (SSSR count). The number of nitrogens with one attached hydrogen (secondary N) is 1. The molecule has 2 amide bonds. The fourth-order valence-corrected chi connectivity index (χ4v) is 5.60. The molecule has 2 heterocycles. The first kappa shape index (κ1) is 28.0. The van der Waals surface area contributed by atoms with Crippen molar-refractivity contribution in [2.45, 2.75) is 57.5 Å². The van der Waals surface area contributed by atoms with Gasteiger partial charge in [0.15, 0.2) is 5.78 Å². The van der Waals surface area contributed by atoms with Crippen molar-refractivity contribution in [3.8, 4) is 0 Å². The normalized spacial score (nSPS) is 21.6. The monoisotopic (exact) mass is 556 g/mol. The lowest BCUT2D eigenvalue weighted by Crippen LogP contribution is -2.53. The molecule has 1 saturated heterocycles. The number of rotatable bonds is 7. The van der Waals surface area contributed by atoms with Gasteiger partial charge in [0.1, 0.15) is 11.8 Å². The molecular weight excluding hydrogens is 525 g/mol. The third-order valence-corrected chi connectivity index (χ3v) is 8.04. The van der Waals surface area contributed by atoms with Crippen LogP contribution < -0.4 is 5.32 Å². The number of ketones is 2. The molecule has 11 heteroatoms. The Balaban J connectivity index is 1.18. The molecule has 2 aliphatic heterocycles. The van der Waals surface area contributed by atoms with E-state index in [1.807, 2.05) is 24.3 Å². The smallest absolute Gasteiger partial charge is 0.380 e. The lowest BCUT2D eigenvalue weighted by atomic mass is 9.92. The van der Waals surface area contributed by atoms with Gasteiger partial charge in [-0.2, -0.15) is 13.2 Å². The molecule has 0 bridgehead atoms. The molecule has 3 aliphatic rings. The van der Waals surface area contributed by atoms with Crippen molar-refractivity contribution in [1.82, 2.24) is 14.7 Å². The van der Waals surface area contributed by atoms with Gasteiger partial charge in [0.2, 0.25) is 0 Å². The van der Waals surface area contributed by atoms with Crippen LogP contribution >= 0.6 is 0 Å². The van der Waals surface area contributed by atoms with E-state index in [4.69, 9.17) is 0 Å². The summed E-state index contributed by atoms with van der Waals surface area (Å²) in [5.41, 5.74) is 2.95. The van der Waals surface area contributed by atoms with Crippen molar-refractivity contribution in [1.29, 1.82) is 0 Å². The Kier molecular flexibility index (Phi) is 7.78. The minimum Gasteiger partial charge on any atom is -0.380 e. The second-order valence-electron chi connectivity index (χ2n) is 10.6. The molecule has 2 aromatic carbocycles. The Bertz CT molecular complexity index is 1320. The van der Waals surface area contributed by atoms with Crippen LogP contribution in [0.2, 0.25) is 0 Å². The number of hydrogen-bond acceptors (Lipinski definition) is 7. The molecule has 212 valence electrons. The predicted octanol–water partition coefficient (Wildman–Crippen LogP) is 3.65. The van der Waals surface area contributed by atoms with Gasteiger partial charge in [0.05, 0.1) is 23.6 Å². The van der Waals surface area contributed by atoms with E-state index in [9.17, 15) is 32.3 Å². The van der Waals surface area contributed by atoms with Gasteiger partial charge in [-0.1, -0.05) is 30.3 Å². The first-order valence-corrected chi connectivity index (χ1v) is 13.4. The minimum atomic E-state index is -4.22. The average molecular weight is 557 g/mol. The summed E-state index contributed by atoms with van der Waals surface area (Å²) in [7, 11) is 0. The van der Waals surface area contributed by atoms with Gasteiger partial charge < -0.3 is 5.32 Å². The Morgan fingerprint density at radius 2 is 1.60 bits per heavy atom. The lowest BCUT2D eigenvalue weighted by molar-refractivity contribution is -0.182. The van der Waals surface area contributed by atoms with Gasteiger partial charge in [0, 0.05) is 51.4 Å². The third-order valence-electron chi connectivity index (χ3n) is 8.04. The Morgan fingerprint density at radius 3 is 2.25 bits per heavy atom. The lowest BCUT2D eigenvalue weighted by Gasteiger charge is -2.38. The Morgan fingerprint density at radius 1 is 0.925 bits per heavy atom. The maximum atomic E-state index is 13.3. The fourth-order valence-electron chi connectivity index (χ4n) is 5.60. The molecule has 1 aliphatic carbocycles. The van der Waals surface area contributed by atoms with E-state index in [1.54, 1.807) is 18.2 Å². The highest BCUT2D eigenvalue weighted by Crippen LogP contribution is 2.33. The van der Waals surface area contributed by atoms with Crippen LogP contribution in [0.4, 0.5) is 18.9 Å². The number of imide groups is 1. The molecule has 2 aromatic rings. The molecule has 0 aromatic heterocycles. The van der Waals surface area contributed by atoms with Gasteiger partial charge in [-0.05, 0) is 36.6 Å². The number of alkyl halides is 3. The maximum absolute atomic E-state index is 13.3. The zero-order valence-electron chi connectivity index (χ0n) is 22.2. The molecule has 0 spiro atoms. The number of fused-ring (bicyclic) bond motifs is 1. The molecule has 1 N–H and O–H groups in total. The van der Waals surface area contributed by atoms with Gasteiger partial charge in [-0.25, -0.2) is 0 Å². The molecule has 8 nitrogen and oxygen atoms in total. The summed E-state index contributed by atoms with van der Waals surface area (Å²) >= 11 is 0. The number of amides is 2. The van der Waals surface area contributed by atoms with Crippen LogP contribution in [0.15, 0.2) is 42.5 Å². The number of Topliss-reactive ketones (excluding diaryl/α,β-unsaturated/α-hetero) is 2. The first-order chi connectivity index (χ1) is 19.0. The number of piperazine rings is 1. The van der Waals surface area contributed by atoms with Crippen LogP contribution in [-0.2, 0) is 22.7 Å². The quantitative estimate of drug-likeness (QED) is 0.411. The van der Waals surface area contributed by atoms with E-state index < -0.39 is 35.9 Å². The summed E-state index contributed by atoms with van der Waals surface area (Å²) in [6.07, 6.45) is -4.16. The second-order valence-corrected chi connectivity index (χ2v) is 10.6.